The molecule has 0 aliphatic heterocycles. The number of amides is 2. The number of hydroxylamine groups is 2. The van der Waals surface area contributed by atoms with Gasteiger partial charge in [0.25, 0.3) is 6.08 Å². The molecule has 0 spiro atoms. The lowest BCUT2D eigenvalue weighted by atomic mass is 10.1. The maximum Gasteiger partial charge on any atom is 0.444 e. The van der Waals surface area contributed by atoms with Crippen molar-refractivity contribution in [2.75, 3.05) is 0 Å². The van der Waals surface area contributed by atoms with Crippen LogP contribution in [-0.4, -0.2) is 29.1 Å². The Morgan fingerprint density at radius 1 is 1.03 bits per heavy atom. The number of nitrogens with one attached hydrogen (secondary N) is 1. The van der Waals surface area contributed by atoms with Gasteiger partial charge in [0, 0.05) is 18.2 Å². The number of carbonyl (C=O) groups is 3. The van der Waals surface area contributed by atoms with Crippen molar-refractivity contribution in [2.24, 2.45) is 0 Å². The van der Waals surface area contributed by atoms with Gasteiger partial charge in [0.1, 0.15) is 11.9 Å². The fourth-order valence-corrected chi connectivity index (χ4v) is 2.60. The minimum absolute atomic E-state index is 0.0543. The summed E-state index contributed by atoms with van der Waals surface area (Å²) in [7, 11) is 0. The SMILES string of the molecule is CC(C)(C)OC(=O)N(Cc1cccc(C=C(F)F)c1)OC(=O)NCc1cccc(C=O)c1. The molecular weight excluding hydrogens is 422 g/mol. The minimum atomic E-state index is -1.86. The molecule has 2 aromatic carbocycles. The van der Waals surface area contributed by atoms with Crippen molar-refractivity contribution in [3.8, 4) is 0 Å². The van der Waals surface area contributed by atoms with Gasteiger partial charge in [-0.2, -0.15) is 8.78 Å². The van der Waals surface area contributed by atoms with Crippen LogP contribution in [0.1, 0.15) is 47.8 Å². The molecule has 0 saturated heterocycles. The van der Waals surface area contributed by atoms with Crippen LogP contribution in [0.3, 0.4) is 0 Å². The van der Waals surface area contributed by atoms with Gasteiger partial charge in [-0.1, -0.05) is 36.4 Å². The Kier molecular flexibility index (Phi) is 8.46. The Balaban J connectivity index is 2.12. The highest BCUT2D eigenvalue weighted by molar-refractivity contribution is 5.75. The van der Waals surface area contributed by atoms with E-state index in [-0.39, 0.29) is 18.7 Å². The Bertz CT molecular complexity index is 998. The van der Waals surface area contributed by atoms with Gasteiger partial charge in [-0.05, 0) is 49.6 Å². The summed E-state index contributed by atoms with van der Waals surface area (Å²) in [6.07, 6.45) is -2.35. The largest absolute Gasteiger partial charge is 0.444 e. The number of hydrogen-bond donors (Lipinski definition) is 1. The molecule has 0 aliphatic rings. The second-order valence-electron chi connectivity index (χ2n) is 7.79. The van der Waals surface area contributed by atoms with E-state index >= 15 is 0 Å². The third kappa shape index (κ3) is 8.55. The zero-order valence-corrected chi connectivity index (χ0v) is 17.9. The molecule has 0 atom stereocenters. The summed E-state index contributed by atoms with van der Waals surface area (Å²) in [5.74, 6) is 0. The summed E-state index contributed by atoms with van der Waals surface area (Å²) >= 11 is 0. The molecule has 170 valence electrons. The molecule has 2 rings (SSSR count). The van der Waals surface area contributed by atoms with Gasteiger partial charge in [0.05, 0.1) is 6.54 Å². The maximum absolute atomic E-state index is 12.6. The van der Waals surface area contributed by atoms with Crippen LogP contribution in [0.2, 0.25) is 0 Å². The van der Waals surface area contributed by atoms with Crippen LogP contribution in [0.25, 0.3) is 6.08 Å². The number of hydrogen-bond acceptors (Lipinski definition) is 5. The summed E-state index contributed by atoms with van der Waals surface area (Å²) in [6.45, 7) is 4.78. The highest BCUT2D eigenvalue weighted by Crippen LogP contribution is 2.16. The highest BCUT2D eigenvalue weighted by atomic mass is 19.3. The lowest BCUT2D eigenvalue weighted by molar-refractivity contribution is -0.106. The van der Waals surface area contributed by atoms with E-state index in [4.69, 9.17) is 9.57 Å². The van der Waals surface area contributed by atoms with E-state index in [0.29, 0.717) is 34.1 Å². The lowest BCUT2D eigenvalue weighted by Gasteiger charge is -2.26. The topological polar surface area (TPSA) is 84.9 Å². The second-order valence-corrected chi connectivity index (χ2v) is 7.79. The van der Waals surface area contributed by atoms with Gasteiger partial charge in [0.15, 0.2) is 0 Å². The van der Waals surface area contributed by atoms with Crippen molar-refractivity contribution >= 4 is 24.5 Å². The molecule has 1 N–H and O–H groups in total. The molecule has 0 unspecified atom stereocenters. The standard InChI is InChI=1S/C23H24F2N2O5/c1-23(2,3)31-22(30)27(14-18-8-4-6-16(10-18)12-20(24)25)32-21(29)26-13-17-7-5-9-19(11-17)15-28/h4-12,15H,13-14H2,1-3H3,(H,26,29). The van der Waals surface area contributed by atoms with Crippen molar-refractivity contribution in [3.05, 3.63) is 76.9 Å². The van der Waals surface area contributed by atoms with Crippen molar-refractivity contribution in [3.63, 3.8) is 0 Å². The van der Waals surface area contributed by atoms with E-state index in [1.54, 1.807) is 51.1 Å². The summed E-state index contributed by atoms with van der Waals surface area (Å²) in [5.41, 5.74) is 0.921. The molecule has 2 aromatic rings. The van der Waals surface area contributed by atoms with E-state index in [0.717, 1.165) is 0 Å². The van der Waals surface area contributed by atoms with E-state index < -0.39 is 23.9 Å². The zero-order valence-electron chi connectivity index (χ0n) is 17.9. The summed E-state index contributed by atoms with van der Waals surface area (Å²) in [5, 5.41) is 3.19. The number of benzene rings is 2. The number of halogens is 2. The van der Waals surface area contributed by atoms with Gasteiger partial charge in [0.2, 0.25) is 0 Å². The van der Waals surface area contributed by atoms with Crippen molar-refractivity contribution in [2.45, 2.75) is 39.5 Å². The van der Waals surface area contributed by atoms with Crippen LogP contribution in [0, 0.1) is 0 Å². The van der Waals surface area contributed by atoms with Gasteiger partial charge < -0.3 is 14.9 Å². The Morgan fingerprint density at radius 2 is 1.66 bits per heavy atom. The van der Waals surface area contributed by atoms with Crippen molar-refractivity contribution < 1.29 is 32.7 Å². The van der Waals surface area contributed by atoms with Crippen LogP contribution < -0.4 is 5.32 Å². The van der Waals surface area contributed by atoms with E-state index in [1.807, 2.05) is 0 Å². The van der Waals surface area contributed by atoms with E-state index in [2.05, 4.69) is 5.32 Å². The molecule has 32 heavy (non-hydrogen) atoms. The molecule has 0 bridgehead atoms. The number of ether oxygens (including phenoxy) is 1. The number of nitrogens with zero attached hydrogens (tertiary/aromatic N) is 1. The molecule has 0 heterocycles. The van der Waals surface area contributed by atoms with Gasteiger partial charge in [-0.3, -0.25) is 4.79 Å². The quantitative estimate of drug-likeness (QED) is 0.480. The predicted octanol–water partition coefficient (Wildman–Crippen LogP) is 5.32. The van der Waals surface area contributed by atoms with Crippen LogP contribution in [0.15, 0.2) is 54.6 Å². The van der Waals surface area contributed by atoms with Crippen molar-refractivity contribution in [1.82, 2.24) is 10.4 Å². The molecular formula is C23H24F2N2O5. The van der Waals surface area contributed by atoms with E-state index in [9.17, 15) is 23.2 Å². The summed E-state index contributed by atoms with van der Waals surface area (Å²) in [6, 6.07) is 12.6. The zero-order chi connectivity index (χ0) is 23.7. The first-order valence-corrected chi connectivity index (χ1v) is 9.68. The predicted molar refractivity (Wildman–Crippen MR) is 114 cm³/mol. The Labute approximate surface area is 184 Å². The molecule has 0 aliphatic carbocycles. The molecule has 2 amide bonds. The number of carbonyl (C=O) groups excluding carboxylic acids is 3. The second kappa shape index (κ2) is 11.0. The molecule has 0 saturated carbocycles. The molecule has 0 aromatic heterocycles. The van der Waals surface area contributed by atoms with Crippen molar-refractivity contribution in [1.29, 1.82) is 0 Å². The summed E-state index contributed by atoms with van der Waals surface area (Å²) < 4.78 is 30.4. The number of rotatable bonds is 6. The Hall–Kier alpha value is -3.75. The van der Waals surface area contributed by atoms with Gasteiger partial charge in [-0.25, -0.2) is 9.59 Å². The first-order valence-electron chi connectivity index (χ1n) is 9.68. The highest BCUT2D eigenvalue weighted by Gasteiger charge is 2.26. The molecule has 9 heteroatoms. The average Bonchev–Trinajstić information content (AvgIpc) is 2.70. The fourth-order valence-electron chi connectivity index (χ4n) is 2.60. The minimum Gasteiger partial charge on any atom is -0.442 e. The maximum atomic E-state index is 12.6. The smallest absolute Gasteiger partial charge is 0.442 e. The fraction of sp³-hybridized carbons (Fsp3) is 0.261. The summed E-state index contributed by atoms with van der Waals surface area (Å²) in [4.78, 5) is 40.8. The van der Waals surface area contributed by atoms with Gasteiger partial charge >= 0.3 is 12.2 Å². The normalized spacial score (nSPS) is 10.7. The first-order chi connectivity index (χ1) is 15.1. The first kappa shape index (κ1) is 24.5. The van der Waals surface area contributed by atoms with Crippen LogP contribution in [0.4, 0.5) is 18.4 Å². The van der Waals surface area contributed by atoms with E-state index in [1.165, 1.54) is 18.2 Å². The lowest BCUT2D eigenvalue weighted by Crippen LogP contribution is -2.40. The Morgan fingerprint density at radius 3 is 2.28 bits per heavy atom. The molecule has 0 fully saturated rings. The van der Waals surface area contributed by atoms with Gasteiger partial charge in [-0.15, -0.1) is 5.06 Å². The number of aldehydes is 1. The monoisotopic (exact) mass is 446 g/mol. The molecule has 0 radical (unpaired) electrons. The van der Waals surface area contributed by atoms with Crippen LogP contribution >= 0.6 is 0 Å². The average molecular weight is 446 g/mol. The van der Waals surface area contributed by atoms with Crippen LogP contribution in [0.5, 0.6) is 0 Å². The third-order valence-electron chi connectivity index (χ3n) is 3.87. The third-order valence-corrected chi connectivity index (χ3v) is 3.87. The van der Waals surface area contributed by atoms with Crippen LogP contribution in [-0.2, 0) is 22.7 Å². The molecule has 7 nitrogen and oxygen atoms in total.